The SMILES string of the molecule is CC(C1CC1)n1nccc1NC(=O)CCc1ccccc1. The minimum atomic E-state index is 0.0450. The number of nitrogens with one attached hydrogen (secondary N) is 1. The summed E-state index contributed by atoms with van der Waals surface area (Å²) in [7, 11) is 0. The second-order valence-electron chi connectivity index (χ2n) is 5.77. The van der Waals surface area contributed by atoms with Crippen molar-refractivity contribution >= 4 is 11.7 Å². The lowest BCUT2D eigenvalue weighted by molar-refractivity contribution is -0.116. The molecule has 1 atom stereocenters. The highest BCUT2D eigenvalue weighted by atomic mass is 16.1. The molecule has 0 bridgehead atoms. The van der Waals surface area contributed by atoms with Gasteiger partial charge in [0.25, 0.3) is 0 Å². The van der Waals surface area contributed by atoms with Crippen LogP contribution in [0.3, 0.4) is 0 Å². The highest BCUT2D eigenvalue weighted by molar-refractivity contribution is 5.89. The lowest BCUT2D eigenvalue weighted by Gasteiger charge is -2.15. The first kappa shape index (κ1) is 13.9. The van der Waals surface area contributed by atoms with E-state index in [2.05, 4.69) is 17.3 Å². The summed E-state index contributed by atoms with van der Waals surface area (Å²) in [6.07, 6.45) is 5.54. The van der Waals surface area contributed by atoms with Gasteiger partial charge in [-0.2, -0.15) is 5.10 Å². The van der Waals surface area contributed by atoms with Gasteiger partial charge in [0.15, 0.2) is 0 Å². The molecule has 4 nitrogen and oxygen atoms in total. The lowest BCUT2D eigenvalue weighted by atomic mass is 10.1. The van der Waals surface area contributed by atoms with Crippen molar-refractivity contribution in [2.24, 2.45) is 5.92 Å². The number of carbonyl (C=O) groups is 1. The van der Waals surface area contributed by atoms with Gasteiger partial charge in [-0.05, 0) is 37.7 Å². The largest absolute Gasteiger partial charge is 0.311 e. The summed E-state index contributed by atoms with van der Waals surface area (Å²) in [5.74, 6) is 1.57. The highest BCUT2D eigenvalue weighted by Crippen LogP contribution is 2.40. The molecular formula is C17H21N3O. The molecule has 1 amide bonds. The Labute approximate surface area is 125 Å². The Bertz CT molecular complexity index is 602. The van der Waals surface area contributed by atoms with E-state index in [0.717, 1.165) is 12.2 Å². The van der Waals surface area contributed by atoms with Gasteiger partial charge in [-0.15, -0.1) is 0 Å². The van der Waals surface area contributed by atoms with Crippen LogP contribution in [0.25, 0.3) is 0 Å². The number of aromatic nitrogens is 2. The number of rotatable bonds is 6. The van der Waals surface area contributed by atoms with E-state index in [9.17, 15) is 4.79 Å². The number of hydrogen-bond donors (Lipinski definition) is 1. The van der Waals surface area contributed by atoms with Crippen LogP contribution < -0.4 is 5.32 Å². The summed E-state index contributed by atoms with van der Waals surface area (Å²) in [6.45, 7) is 2.17. The fourth-order valence-corrected chi connectivity index (χ4v) is 2.62. The molecule has 1 saturated carbocycles. The van der Waals surface area contributed by atoms with Gasteiger partial charge in [0, 0.05) is 12.5 Å². The molecule has 4 heteroatoms. The third kappa shape index (κ3) is 3.51. The molecule has 1 N–H and O–H groups in total. The second kappa shape index (κ2) is 6.12. The average Bonchev–Trinajstić information content (AvgIpc) is 3.26. The maximum atomic E-state index is 12.1. The minimum absolute atomic E-state index is 0.0450. The quantitative estimate of drug-likeness (QED) is 0.883. The summed E-state index contributed by atoms with van der Waals surface area (Å²) in [6, 6.07) is 12.3. The second-order valence-corrected chi connectivity index (χ2v) is 5.77. The normalized spacial score (nSPS) is 15.7. The molecule has 110 valence electrons. The van der Waals surface area contributed by atoms with Gasteiger partial charge in [-0.1, -0.05) is 30.3 Å². The van der Waals surface area contributed by atoms with Gasteiger partial charge in [0.1, 0.15) is 5.82 Å². The van der Waals surface area contributed by atoms with Crippen LogP contribution in [-0.4, -0.2) is 15.7 Å². The summed E-state index contributed by atoms with van der Waals surface area (Å²) in [4.78, 5) is 12.1. The molecule has 0 spiro atoms. The van der Waals surface area contributed by atoms with Crippen molar-refractivity contribution in [3.63, 3.8) is 0 Å². The van der Waals surface area contributed by atoms with E-state index in [1.54, 1.807) is 6.20 Å². The molecule has 0 saturated heterocycles. The van der Waals surface area contributed by atoms with Crippen molar-refractivity contribution in [2.75, 3.05) is 5.32 Å². The van der Waals surface area contributed by atoms with Gasteiger partial charge in [0.05, 0.1) is 12.2 Å². The molecule has 0 radical (unpaired) electrons. The van der Waals surface area contributed by atoms with E-state index in [1.165, 1.54) is 18.4 Å². The molecule has 1 aromatic carbocycles. The summed E-state index contributed by atoms with van der Waals surface area (Å²) >= 11 is 0. The first-order valence-electron chi connectivity index (χ1n) is 7.61. The molecule has 1 heterocycles. The highest BCUT2D eigenvalue weighted by Gasteiger charge is 2.30. The average molecular weight is 283 g/mol. The summed E-state index contributed by atoms with van der Waals surface area (Å²) in [5, 5.41) is 7.34. The van der Waals surface area contributed by atoms with Crippen molar-refractivity contribution < 1.29 is 4.79 Å². The first-order chi connectivity index (χ1) is 10.2. The number of carbonyl (C=O) groups excluding carboxylic acids is 1. The summed E-state index contributed by atoms with van der Waals surface area (Å²) < 4.78 is 1.94. The Morgan fingerprint density at radius 2 is 2.10 bits per heavy atom. The van der Waals surface area contributed by atoms with Crippen LogP contribution in [-0.2, 0) is 11.2 Å². The molecule has 2 aromatic rings. The van der Waals surface area contributed by atoms with Crippen LogP contribution in [0.1, 0.15) is 37.8 Å². The van der Waals surface area contributed by atoms with Crippen molar-refractivity contribution in [1.29, 1.82) is 0 Å². The Hall–Kier alpha value is -2.10. The van der Waals surface area contributed by atoms with Crippen LogP contribution >= 0.6 is 0 Å². The monoisotopic (exact) mass is 283 g/mol. The van der Waals surface area contributed by atoms with Crippen LogP contribution in [0.2, 0.25) is 0 Å². The molecule has 0 aliphatic heterocycles. The number of hydrogen-bond acceptors (Lipinski definition) is 2. The van der Waals surface area contributed by atoms with E-state index >= 15 is 0 Å². The molecule has 1 fully saturated rings. The van der Waals surface area contributed by atoms with Gasteiger partial charge in [-0.3, -0.25) is 4.79 Å². The molecule has 1 aliphatic rings. The zero-order chi connectivity index (χ0) is 14.7. The number of aryl methyl sites for hydroxylation is 1. The van der Waals surface area contributed by atoms with E-state index in [-0.39, 0.29) is 5.91 Å². The third-order valence-electron chi connectivity index (χ3n) is 4.11. The van der Waals surface area contributed by atoms with Gasteiger partial charge < -0.3 is 5.32 Å². The number of nitrogens with zero attached hydrogens (tertiary/aromatic N) is 2. The molecule has 21 heavy (non-hydrogen) atoms. The number of anilines is 1. The summed E-state index contributed by atoms with van der Waals surface area (Å²) in [5.41, 5.74) is 1.19. The zero-order valence-electron chi connectivity index (χ0n) is 12.3. The molecular weight excluding hydrogens is 262 g/mol. The van der Waals surface area contributed by atoms with Crippen LogP contribution in [0.5, 0.6) is 0 Å². The standard InChI is InChI=1S/C17H21N3O/c1-13(15-8-9-15)20-16(11-12-18-20)19-17(21)10-7-14-5-3-2-4-6-14/h2-6,11-13,15H,7-10H2,1H3,(H,19,21). The predicted octanol–water partition coefficient (Wildman–Crippen LogP) is 3.43. The van der Waals surface area contributed by atoms with Crippen LogP contribution in [0.4, 0.5) is 5.82 Å². The number of amides is 1. The third-order valence-corrected chi connectivity index (χ3v) is 4.11. The predicted molar refractivity (Wildman–Crippen MR) is 83.1 cm³/mol. The number of benzene rings is 1. The maximum absolute atomic E-state index is 12.1. The van der Waals surface area contributed by atoms with Crippen LogP contribution in [0.15, 0.2) is 42.6 Å². The van der Waals surface area contributed by atoms with Crippen molar-refractivity contribution in [2.45, 2.75) is 38.6 Å². The Balaban J connectivity index is 1.56. The van der Waals surface area contributed by atoms with Crippen molar-refractivity contribution in [1.82, 2.24) is 9.78 Å². The molecule has 1 unspecified atom stereocenters. The molecule has 1 aromatic heterocycles. The van der Waals surface area contributed by atoms with Crippen molar-refractivity contribution in [3.8, 4) is 0 Å². The topological polar surface area (TPSA) is 46.9 Å². The van der Waals surface area contributed by atoms with Crippen LogP contribution in [0, 0.1) is 5.92 Å². The fraction of sp³-hybridized carbons (Fsp3) is 0.412. The maximum Gasteiger partial charge on any atom is 0.225 e. The van der Waals surface area contributed by atoms with E-state index in [0.29, 0.717) is 18.4 Å². The fourth-order valence-electron chi connectivity index (χ4n) is 2.62. The minimum Gasteiger partial charge on any atom is -0.311 e. The van der Waals surface area contributed by atoms with E-state index in [1.807, 2.05) is 41.1 Å². The smallest absolute Gasteiger partial charge is 0.225 e. The molecule has 3 rings (SSSR count). The van der Waals surface area contributed by atoms with Gasteiger partial charge >= 0.3 is 0 Å². The lowest BCUT2D eigenvalue weighted by Crippen LogP contribution is -2.18. The van der Waals surface area contributed by atoms with Gasteiger partial charge in [-0.25, -0.2) is 4.68 Å². The molecule has 1 aliphatic carbocycles. The Morgan fingerprint density at radius 1 is 1.33 bits per heavy atom. The van der Waals surface area contributed by atoms with Crippen molar-refractivity contribution in [3.05, 3.63) is 48.2 Å². The Morgan fingerprint density at radius 3 is 2.81 bits per heavy atom. The van der Waals surface area contributed by atoms with E-state index < -0.39 is 0 Å². The van der Waals surface area contributed by atoms with E-state index in [4.69, 9.17) is 0 Å². The first-order valence-corrected chi connectivity index (χ1v) is 7.61. The Kier molecular flexibility index (Phi) is 4.04. The zero-order valence-corrected chi connectivity index (χ0v) is 12.3. The van der Waals surface area contributed by atoms with Gasteiger partial charge in [0.2, 0.25) is 5.91 Å².